The van der Waals surface area contributed by atoms with Crippen molar-refractivity contribution in [3.63, 3.8) is 0 Å². The molecule has 96 valence electrons. The molecule has 0 spiro atoms. The van der Waals surface area contributed by atoms with Gasteiger partial charge in [0.05, 0.1) is 11.6 Å². The average Bonchev–Trinajstić information content (AvgIpc) is 2.29. The van der Waals surface area contributed by atoms with Crippen LogP contribution in [0.15, 0.2) is 45.8 Å². The molecule has 0 bridgehead atoms. The molecule has 1 aromatic heterocycles. The van der Waals surface area contributed by atoms with Crippen LogP contribution in [0.3, 0.4) is 0 Å². The van der Waals surface area contributed by atoms with Crippen molar-refractivity contribution in [1.29, 1.82) is 0 Å². The van der Waals surface area contributed by atoms with Crippen molar-refractivity contribution < 1.29 is 27.5 Å². The van der Waals surface area contributed by atoms with Crippen LogP contribution in [0.4, 0.5) is 13.2 Å². The summed E-state index contributed by atoms with van der Waals surface area (Å²) in [6.45, 7) is 0. The molecule has 0 aliphatic rings. The topological polar surface area (TPSA) is 67.5 Å². The summed E-state index contributed by atoms with van der Waals surface area (Å²) in [7, 11) is 0. The first-order chi connectivity index (χ1) is 8.32. The first kappa shape index (κ1) is 13.8. The van der Waals surface area contributed by atoms with Crippen LogP contribution in [-0.4, -0.2) is 17.3 Å². The molecule has 0 aliphatic heterocycles. The van der Waals surface area contributed by atoms with Gasteiger partial charge in [-0.1, -0.05) is 12.1 Å². The van der Waals surface area contributed by atoms with E-state index in [1.165, 1.54) is 12.3 Å². The van der Waals surface area contributed by atoms with Crippen molar-refractivity contribution in [2.45, 2.75) is 6.18 Å². The number of benzene rings is 1. The van der Waals surface area contributed by atoms with Gasteiger partial charge in [-0.15, -0.1) is 0 Å². The predicted octanol–water partition coefficient (Wildman–Crippen LogP) is 2.43. The number of alkyl halides is 3. The van der Waals surface area contributed by atoms with E-state index in [0.29, 0.717) is 11.0 Å². The highest BCUT2D eigenvalue weighted by atomic mass is 19.4. The molecule has 0 fully saturated rings. The third kappa shape index (κ3) is 3.62. The second kappa shape index (κ2) is 5.35. The number of hydrogen-bond donors (Lipinski definition) is 1. The van der Waals surface area contributed by atoms with Gasteiger partial charge in [-0.2, -0.15) is 13.2 Å². The fraction of sp³-hybridized carbons (Fsp3) is 0.0909. The second-order valence-corrected chi connectivity index (χ2v) is 3.08. The summed E-state index contributed by atoms with van der Waals surface area (Å²) in [6.07, 6.45) is -3.68. The molecule has 0 aliphatic carbocycles. The maximum atomic E-state index is 11.1. The van der Waals surface area contributed by atoms with Crippen molar-refractivity contribution in [3.8, 4) is 0 Å². The lowest BCUT2D eigenvalue weighted by Crippen LogP contribution is -2.21. The first-order valence-corrected chi connectivity index (χ1v) is 4.59. The van der Waals surface area contributed by atoms with E-state index in [1.54, 1.807) is 12.1 Å². The van der Waals surface area contributed by atoms with Gasteiger partial charge in [0.1, 0.15) is 5.58 Å². The van der Waals surface area contributed by atoms with E-state index >= 15 is 0 Å². The van der Waals surface area contributed by atoms with E-state index in [2.05, 4.69) is 0 Å². The van der Waals surface area contributed by atoms with Gasteiger partial charge < -0.3 is 9.52 Å². The van der Waals surface area contributed by atoms with Gasteiger partial charge in [-0.05, 0) is 12.1 Å². The van der Waals surface area contributed by atoms with Crippen molar-refractivity contribution in [2.75, 3.05) is 0 Å². The molecule has 0 radical (unpaired) electrons. The Morgan fingerprint density at radius 2 is 1.72 bits per heavy atom. The van der Waals surface area contributed by atoms with Crippen molar-refractivity contribution in [2.24, 2.45) is 0 Å². The Kier molecular flexibility index (Phi) is 4.09. The number of rotatable bonds is 0. The second-order valence-electron chi connectivity index (χ2n) is 3.08. The van der Waals surface area contributed by atoms with Crippen molar-refractivity contribution >= 4 is 16.9 Å². The van der Waals surface area contributed by atoms with E-state index in [1.807, 2.05) is 12.1 Å². The molecule has 1 aromatic carbocycles. The lowest BCUT2D eigenvalue weighted by atomic mass is 10.2. The summed E-state index contributed by atoms with van der Waals surface area (Å²) in [6, 6.07) is 8.60. The van der Waals surface area contributed by atoms with Gasteiger partial charge in [0.2, 0.25) is 0 Å². The average molecular weight is 260 g/mol. The molecule has 7 heteroatoms. The third-order valence-corrected chi connectivity index (χ3v) is 1.81. The number of aliphatic carboxylic acids is 1. The molecular weight excluding hydrogens is 253 g/mol. The number of carbonyl (C=O) groups is 1. The fourth-order valence-electron chi connectivity index (χ4n) is 1.03. The summed E-state index contributed by atoms with van der Waals surface area (Å²) in [5, 5.41) is 7.76. The van der Waals surface area contributed by atoms with Crippen LogP contribution >= 0.6 is 0 Å². The van der Waals surface area contributed by atoms with Crippen LogP contribution in [0.2, 0.25) is 0 Å². The maximum Gasteiger partial charge on any atom is 0.490 e. The number of fused-ring (bicyclic) bond motifs is 1. The van der Waals surface area contributed by atoms with Crippen LogP contribution in [0.5, 0.6) is 0 Å². The highest BCUT2D eigenvalue weighted by Gasteiger charge is 2.38. The van der Waals surface area contributed by atoms with Gasteiger partial charge in [0, 0.05) is 6.07 Å². The van der Waals surface area contributed by atoms with Crippen molar-refractivity contribution in [1.82, 2.24) is 0 Å². The Morgan fingerprint density at radius 3 is 2.22 bits per heavy atom. The van der Waals surface area contributed by atoms with E-state index in [4.69, 9.17) is 14.3 Å². The Morgan fingerprint density at radius 1 is 1.17 bits per heavy atom. The molecule has 18 heavy (non-hydrogen) atoms. The van der Waals surface area contributed by atoms with E-state index in [9.17, 15) is 18.0 Å². The zero-order valence-electron chi connectivity index (χ0n) is 8.77. The molecule has 4 nitrogen and oxygen atoms in total. The largest absolute Gasteiger partial charge is 0.490 e. The molecule has 0 amide bonds. The third-order valence-electron chi connectivity index (χ3n) is 1.81. The molecule has 0 unspecified atom stereocenters. The smallest absolute Gasteiger partial charge is 0.475 e. The lowest BCUT2D eigenvalue weighted by molar-refractivity contribution is -0.192. The fourth-order valence-corrected chi connectivity index (χ4v) is 1.03. The van der Waals surface area contributed by atoms with E-state index < -0.39 is 12.1 Å². The Balaban J connectivity index is 0.000000203. The van der Waals surface area contributed by atoms with Crippen LogP contribution in [0.25, 0.3) is 11.0 Å². The zero-order chi connectivity index (χ0) is 13.8. The van der Waals surface area contributed by atoms with Crippen LogP contribution in [0.1, 0.15) is 0 Å². The minimum Gasteiger partial charge on any atom is -0.475 e. The molecule has 0 atom stereocenters. The summed E-state index contributed by atoms with van der Waals surface area (Å²) in [5.74, 6) is -2.76. The van der Waals surface area contributed by atoms with Crippen molar-refractivity contribution in [3.05, 3.63) is 46.8 Å². The quantitative estimate of drug-likeness (QED) is 0.789. The van der Waals surface area contributed by atoms with E-state index in [-0.39, 0.29) is 5.43 Å². The summed E-state index contributed by atoms with van der Waals surface area (Å²) in [5.41, 5.74) is 0.645. The number of para-hydroxylation sites is 1. The molecule has 0 saturated carbocycles. The highest BCUT2D eigenvalue weighted by Crippen LogP contribution is 2.13. The summed E-state index contributed by atoms with van der Waals surface area (Å²) in [4.78, 5) is 20.0. The first-order valence-electron chi connectivity index (χ1n) is 4.59. The monoisotopic (exact) mass is 260 g/mol. The van der Waals surface area contributed by atoms with E-state index in [0.717, 1.165) is 0 Å². The molecule has 1 heterocycles. The standard InChI is InChI=1S/C9H6O2.C2HF3O2/c10-8-5-6-11-9-4-2-1-3-7(8)9;3-2(4,5)1(6)7/h1-6H;(H,6,7). The molecule has 1 N–H and O–H groups in total. The van der Waals surface area contributed by atoms with Gasteiger partial charge in [0.15, 0.2) is 5.43 Å². The number of carboxylic acids is 1. The SMILES string of the molecule is O=C(O)C(F)(F)F.O=c1ccoc2ccccc12. The lowest BCUT2D eigenvalue weighted by Gasteiger charge is -1.93. The zero-order valence-corrected chi connectivity index (χ0v) is 8.77. The highest BCUT2D eigenvalue weighted by molar-refractivity contribution is 5.75. The van der Waals surface area contributed by atoms with Crippen LogP contribution in [-0.2, 0) is 4.79 Å². The Labute approximate surface area is 98.3 Å². The number of hydrogen-bond acceptors (Lipinski definition) is 3. The minimum absolute atomic E-state index is 0.00634. The normalized spacial score (nSPS) is 10.6. The maximum absolute atomic E-state index is 11.1. The Hall–Kier alpha value is -2.31. The van der Waals surface area contributed by atoms with Crippen LogP contribution in [0, 0.1) is 0 Å². The van der Waals surface area contributed by atoms with Gasteiger partial charge in [-0.3, -0.25) is 4.79 Å². The molecule has 2 rings (SSSR count). The number of halogens is 3. The van der Waals surface area contributed by atoms with Gasteiger partial charge in [0.25, 0.3) is 0 Å². The minimum atomic E-state index is -5.08. The molecule has 0 saturated heterocycles. The van der Waals surface area contributed by atoms with Gasteiger partial charge in [-0.25, -0.2) is 4.79 Å². The van der Waals surface area contributed by atoms with Crippen LogP contribution < -0.4 is 5.43 Å². The number of carboxylic acid groups (broad SMARTS) is 1. The summed E-state index contributed by atoms with van der Waals surface area (Å²) >= 11 is 0. The van der Waals surface area contributed by atoms with Gasteiger partial charge >= 0.3 is 12.1 Å². The molecule has 2 aromatic rings. The molecular formula is C11H7F3O4. The Bertz CT molecular complexity index is 596. The predicted molar refractivity (Wildman–Crippen MR) is 56.2 cm³/mol. The summed E-state index contributed by atoms with van der Waals surface area (Å²) < 4.78 is 36.8.